The summed E-state index contributed by atoms with van der Waals surface area (Å²) < 4.78 is 39.9. The van der Waals surface area contributed by atoms with Gasteiger partial charge in [-0.2, -0.15) is 13.2 Å². The van der Waals surface area contributed by atoms with Crippen LogP contribution >= 0.6 is 35.0 Å². The molecule has 0 unspecified atom stereocenters. The lowest BCUT2D eigenvalue weighted by Gasteiger charge is -2.13. The van der Waals surface area contributed by atoms with Crippen molar-refractivity contribution in [1.82, 2.24) is 9.55 Å². The summed E-state index contributed by atoms with van der Waals surface area (Å²) in [7, 11) is 0. The molecule has 9 heteroatoms. The van der Waals surface area contributed by atoms with Gasteiger partial charge >= 0.3 is 6.18 Å². The van der Waals surface area contributed by atoms with Gasteiger partial charge in [0.15, 0.2) is 10.9 Å². The summed E-state index contributed by atoms with van der Waals surface area (Å²) in [5, 5.41) is 0.783. The average molecular weight is 397 g/mol. The molecule has 2 aromatic rings. The van der Waals surface area contributed by atoms with E-state index >= 15 is 0 Å². The Bertz CT molecular complexity index is 793. The van der Waals surface area contributed by atoms with E-state index in [-0.39, 0.29) is 5.16 Å². The Morgan fingerprint density at radius 2 is 1.92 bits per heavy atom. The first-order chi connectivity index (χ1) is 11.2. The maximum Gasteiger partial charge on any atom is 0.433 e. The lowest BCUT2D eigenvalue weighted by Crippen LogP contribution is -2.26. The number of nitrogens with zero attached hydrogens (tertiary/aromatic N) is 2. The van der Waals surface area contributed by atoms with Crippen molar-refractivity contribution in [2.45, 2.75) is 37.0 Å². The standard InChI is InChI=1S/C15H13Cl2F3N2OS/c1-2-5-22-13(23)7-12(15(18,19)20)21-14(22)24-8-9-3-4-10(16)11(17)6-9/h3-4,6-7H,2,5,8H2,1H3. The SMILES string of the molecule is CCCn1c(SCc2ccc(Cl)c(Cl)c2)nc(C(F)(F)F)cc1=O. The summed E-state index contributed by atoms with van der Waals surface area (Å²) in [5.41, 5.74) is -1.13. The van der Waals surface area contributed by atoms with E-state index in [0.717, 1.165) is 17.3 Å². The maximum absolute atomic E-state index is 12.9. The molecule has 0 aliphatic heterocycles. The highest BCUT2D eigenvalue weighted by Gasteiger charge is 2.34. The van der Waals surface area contributed by atoms with Gasteiger partial charge in [-0.1, -0.05) is 48.0 Å². The summed E-state index contributed by atoms with van der Waals surface area (Å²) >= 11 is 12.8. The second kappa shape index (κ2) is 7.80. The van der Waals surface area contributed by atoms with Crippen LogP contribution in [0.1, 0.15) is 24.6 Å². The van der Waals surface area contributed by atoms with E-state index in [1.807, 2.05) is 6.92 Å². The number of rotatable bonds is 5. The lowest BCUT2D eigenvalue weighted by atomic mass is 10.2. The van der Waals surface area contributed by atoms with E-state index in [2.05, 4.69) is 4.98 Å². The van der Waals surface area contributed by atoms with E-state index in [4.69, 9.17) is 23.2 Å². The van der Waals surface area contributed by atoms with Gasteiger partial charge in [0.25, 0.3) is 5.56 Å². The summed E-state index contributed by atoms with van der Waals surface area (Å²) in [5.74, 6) is 0.314. The molecule has 0 atom stereocenters. The van der Waals surface area contributed by atoms with Crippen LogP contribution in [0.15, 0.2) is 34.2 Å². The van der Waals surface area contributed by atoms with Gasteiger partial charge in [0.1, 0.15) is 0 Å². The molecular formula is C15H13Cl2F3N2OS. The van der Waals surface area contributed by atoms with Crippen LogP contribution in [0.5, 0.6) is 0 Å². The minimum atomic E-state index is -4.66. The molecule has 0 aliphatic carbocycles. The first kappa shape index (κ1) is 19.1. The lowest BCUT2D eigenvalue weighted by molar-refractivity contribution is -0.141. The highest BCUT2D eigenvalue weighted by molar-refractivity contribution is 7.98. The highest BCUT2D eigenvalue weighted by atomic mass is 35.5. The Hall–Kier alpha value is -1.18. The zero-order valence-electron chi connectivity index (χ0n) is 12.5. The van der Waals surface area contributed by atoms with Gasteiger partial charge in [-0.05, 0) is 24.1 Å². The molecule has 1 aromatic heterocycles. The number of alkyl halides is 3. The third-order valence-corrected chi connectivity index (χ3v) is 4.85. The first-order valence-electron chi connectivity index (χ1n) is 6.98. The van der Waals surface area contributed by atoms with Gasteiger partial charge in [-0.3, -0.25) is 9.36 Å². The van der Waals surface area contributed by atoms with Gasteiger partial charge in [0, 0.05) is 18.4 Å². The largest absolute Gasteiger partial charge is 0.433 e. The van der Waals surface area contributed by atoms with Crippen molar-refractivity contribution in [2.24, 2.45) is 0 Å². The predicted octanol–water partition coefficient (Wildman–Crippen LogP) is 5.27. The second-order valence-electron chi connectivity index (χ2n) is 4.95. The number of hydrogen-bond acceptors (Lipinski definition) is 3. The molecule has 0 N–H and O–H groups in total. The molecule has 0 saturated heterocycles. The van der Waals surface area contributed by atoms with Crippen LogP contribution in [-0.4, -0.2) is 9.55 Å². The summed E-state index contributed by atoms with van der Waals surface area (Å²) in [6.07, 6.45) is -4.06. The zero-order chi connectivity index (χ0) is 17.9. The number of aromatic nitrogens is 2. The molecule has 1 aromatic carbocycles. The number of hydrogen-bond donors (Lipinski definition) is 0. The van der Waals surface area contributed by atoms with E-state index < -0.39 is 17.4 Å². The third-order valence-electron chi connectivity index (χ3n) is 3.06. The second-order valence-corrected chi connectivity index (χ2v) is 6.71. The fourth-order valence-corrected chi connectivity index (χ4v) is 3.24. The van der Waals surface area contributed by atoms with Crippen molar-refractivity contribution >= 4 is 35.0 Å². The van der Waals surface area contributed by atoms with E-state index in [1.54, 1.807) is 18.2 Å². The molecule has 130 valence electrons. The van der Waals surface area contributed by atoms with E-state index in [0.29, 0.717) is 34.8 Å². The van der Waals surface area contributed by atoms with Crippen molar-refractivity contribution < 1.29 is 13.2 Å². The summed E-state index contributed by atoms with van der Waals surface area (Å²) in [6.45, 7) is 2.13. The molecule has 0 fully saturated rings. The number of halogens is 5. The molecule has 1 heterocycles. The minimum Gasteiger partial charge on any atom is -0.288 e. The van der Waals surface area contributed by atoms with Crippen molar-refractivity contribution in [1.29, 1.82) is 0 Å². The molecule has 0 radical (unpaired) electrons. The van der Waals surface area contributed by atoms with Crippen LogP contribution in [0.25, 0.3) is 0 Å². The molecule has 3 nitrogen and oxygen atoms in total. The molecule has 0 saturated carbocycles. The first-order valence-corrected chi connectivity index (χ1v) is 8.72. The summed E-state index contributed by atoms with van der Waals surface area (Å²) in [4.78, 5) is 15.6. The third kappa shape index (κ3) is 4.68. The zero-order valence-corrected chi connectivity index (χ0v) is 14.9. The summed E-state index contributed by atoms with van der Waals surface area (Å²) in [6, 6.07) is 5.49. The van der Waals surface area contributed by atoms with Crippen LogP contribution in [0.4, 0.5) is 13.2 Å². The van der Waals surface area contributed by atoms with Crippen LogP contribution in [-0.2, 0) is 18.5 Å². The van der Waals surface area contributed by atoms with Gasteiger partial charge in [0.2, 0.25) is 0 Å². The quantitative estimate of drug-likeness (QED) is 0.509. The molecule has 24 heavy (non-hydrogen) atoms. The fourth-order valence-electron chi connectivity index (χ4n) is 1.95. The Labute approximate surface area is 150 Å². The van der Waals surface area contributed by atoms with Crippen molar-refractivity contribution in [2.75, 3.05) is 0 Å². The van der Waals surface area contributed by atoms with Crippen molar-refractivity contribution in [3.05, 3.63) is 55.9 Å². The molecule has 0 bridgehead atoms. The van der Waals surface area contributed by atoms with Crippen LogP contribution in [0, 0.1) is 0 Å². The Morgan fingerprint density at radius 1 is 1.21 bits per heavy atom. The monoisotopic (exact) mass is 396 g/mol. The van der Waals surface area contributed by atoms with Gasteiger partial charge in [-0.25, -0.2) is 4.98 Å². The smallest absolute Gasteiger partial charge is 0.288 e. The van der Waals surface area contributed by atoms with Gasteiger partial charge in [-0.15, -0.1) is 0 Å². The van der Waals surface area contributed by atoms with Gasteiger partial charge in [0.05, 0.1) is 10.0 Å². The van der Waals surface area contributed by atoms with Crippen molar-refractivity contribution in [3.63, 3.8) is 0 Å². The normalized spacial score (nSPS) is 11.8. The number of thioether (sulfide) groups is 1. The van der Waals surface area contributed by atoms with Crippen molar-refractivity contribution in [3.8, 4) is 0 Å². The van der Waals surface area contributed by atoms with Crippen LogP contribution in [0.3, 0.4) is 0 Å². The average Bonchev–Trinajstić information content (AvgIpc) is 2.50. The van der Waals surface area contributed by atoms with E-state index in [1.165, 1.54) is 4.57 Å². The number of benzene rings is 1. The van der Waals surface area contributed by atoms with Gasteiger partial charge < -0.3 is 0 Å². The molecule has 0 spiro atoms. The molecule has 0 aliphatic rings. The van der Waals surface area contributed by atoms with Crippen LogP contribution < -0.4 is 5.56 Å². The molecule has 2 rings (SSSR count). The molecular weight excluding hydrogens is 384 g/mol. The topological polar surface area (TPSA) is 34.9 Å². The maximum atomic E-state index is 12.9. The minimum absolute atomic E-state index is 0.0303. The molecule has 0 amide bonds. The van der Waals surface area contributed by atoms with Crippen LogP contribution in [0.2, 0.25) is 10.0 Å². The fraction of sp³-hybridized carbons (Fsp3) is 0.333. The van der Waals surface area contributed by atoms with E-state index in [9.17, 15) is 18.0 Å². The Balaban J connectivity index is 2.34. The Kier molecular flexibility index (Phi) is 6.22. The Morgan fingerprint density at radius 3 is 2.50 bits per heavy atom. The highest BCUT2D eigenvalue weighted by Crippen LogP contribution is 2.30. The predicted molar refractivity (Wildman–Crippen MR) is 89.8 cm³/mol.